The van der Waals surface area contributed by atoms with E-state index >= 15 is 0 Å². The van der Waals surface area contributed by atoms with E-state index in [2.05, 4.69) is 4.98 Å². The highest BCUT2D eigenvalue weighted by atomic mass is 16.2. The molecule has 1 aliphatic heterocycles. The number of piperidine rings is 1. The fourth-order valence-electron chi connectivity index (χ4n) is 4.58. The van der Waals surface area contributed by atoms with Crippen LogP contribution in [0.3, 0.4) is 0 Å². The molecule has 4 rings (SSSR count). The van der Waals surface area contributed by atoms with Gasteiger partial charge >= 0.3 is 0 Å². The number of nitrogens with zero attached hydrogens (tertiary/aromatic N) is 3. The van der Waals surface area contributed by atoms with Gasteiger partial charge in [0.1, 0.15) is 0 Å². The van der Waals surface area contributed by atoms with Crippen molar-refractivity contribution < 1.29 is 9.59 Å². The van der Waals surface area contributed by atoms with Gasteiger partial charge in [0.25, 0.3) is 0 Å². The minimum atomic E-state index is -0.0868. The second kappa shape index (κ2) is 7.67. The van der Waals surface area contributed by atoms with E-state index in [4.69, 9.17) is 0 Å². The van der Waals surface area contributed by atoms with Crippen LogP contribution in [0.2, 0.25) is 0 Å². The highest BCUT2D eigenvalue weighted by Gasteiger charge is 2.36. The molecule has 2 amide bonds. The summed E-state index contributed by atoms with van der Waals surface area (Å²) in [6, 6.07) is 10.4. The van der Waals surface area contributed by atoms with E-state index in [0.29, 0.717) is 32.0 Å². The molecule has 5 nitrogen and oxygen atoms in total. The first kappa shape index (κ1) is 18.0. The second-order valence-electron chi connectivity index (χ2n) is 7.91. The van der Waals surface area contributed by atoms with Crippen LogP contribution in [0.4, 0.5) is 0 Å². The van der Waals surface area contributed by atoms with Crippen LogP contribution in [0.1, 0.15) is 44.1 Å². The van der Waals surface area contributed by atoms with Crippen LogP contribution in [-0.4, -0.2) is 46.2 Å². The Bertz CT molecular complexity index is 839. The van der Waals surface area contributed by atoms with Crippen molar-refractivity contribution in [3.05, 3.63) is 42.1 Å². The summed E-state index contributed by atoms with van der Waals surface area (Å²) in [6.45, 7) is 1.13. The molecule has 1 saturated carbocycles. The number of benzene rings is 1. The molecule has 0 spiro atoms. The zero-order valence-corrected chi connectivity index (χ0v) is 15.9. The minimum absolute atomic E-state index is 0.0868. The molecule has 1 atom stereocenters. The molecule has 5 heteroatoms. The molecule has 27 heavy (non-hydrogen) atoms. The Labute approximate surface area is 160 Å². The van der Waals surface area contributed by atoms with E-state index in [1.807, 2.05) is 42.3 Å². The lowest BCUT2D eigenvalue weighted by atomic mass is 9.94. The quantitative estimate of drug-likeness (QED) is 0.835. The highest BCUT2D eigenvalue weighted by Crippen LogP contribution is 2.29. The highest BCUT2D eigenvalue weighted by molar-refractivity contribution is 5.85. The van der Waals surface area contributed by atoms with Gasteiger partial charge in [-0.1, -0.05) is 37.1 Å². The molecule has 2 aromatic rings. The number of carbonyl (C=O) groups excluding carboxylic acids is 2. The Morgan fingerprint density at radius 2 is 1.96 bits per heavy atom. The van der Waals surface area contributed by atoms with Crippen LogP contribution in [0.25, 0.3) is 10.9 Å². The van der Waals surface area contributed by atoms with E-state index in [1.54, 1.807) is 11.1 Å². The van der Waals surface area contributed by atoms with E-state index in [-0.39, 0.29) is 17.7 Å². The predicted molar refractivity (Wildman–Crippen MR) is 105 cm³/mol. The van der Waals surface area contributed by atoms with E-state index in [1.165, 1.54) is 12.8 Å². The summed E-state index contributed by atoms with van der Waals surface area (Å²) in [5, 5.41) is 1.09. The number of hydrogen-bond acceptors (Lipinski definition) is 3. The number of pyridine rings is 1. The Balaban J connectivity index is 1.46. The van der Waals surface area contributed by atoms with Gasteiger partial charge in [0.05, 0.1) is 11.4 Å². The zero-order valence-electron chi connectivity index (χ0n) is 15.9. The molecule has 1 saturated heterocycles. The van der Waals surface area contributed by atoms with Crippen LogP contribution in [0.5, 0.6) is 0 Å². The lowest BCUT2D eigenvalue weighted by Gasteiger charge is -2.37. The van der Waals surface area contributed by atoms with E-state index in [9.17, 15) is 9.59 Å². The number of rotatable bonds is 4. The average Bonchev–Trinajstić information content (AvgIpc) is 3.22. The Kier molecular flexibility index (Phi) is 5.10. The summed E-state index contributed by atoms with van der Waals surface area (Å²) in [7, 11) is 1.86. The SMILES string of the molecule is CN(Cc1cccc2cccnc12)C(=O)[C@H]1CCC(=O)N(C2CCCC2)C1. The third-order valence-electron chi connectivity index (χ3n) is 6.06. The molecular formula is C22H27N3O2. The molecule has 0 radical (unpaired) electrons. The third kappa shape index (κ3) is 3.68. The van der Waals surface area contributed by atoms with Crippen molar-refractivity contribution in [3.8, 4) is 0 Å². The Morgan fingerprint density at radius 1 is 1.19 bits per heavy atom. The van der Waals surface area contributed by atoms with Gasteiger partial charge in [-0.25, -0.2) is 0 Å². The number of aromatic nitrogens is 1. The second-order valence-corrected chi connectivity index (χ2v) is 7.91. The van der Waals surface area contributed by atoms with Crippen molar-refractivity contribution in [2.45, 2.75) is 51.1 Å². The predicted octanol–water partition coefficient (Wildman–Crippen LogP) is 3.37. The molecule has 2 heterocycles. The van der Waals surface area contributed by atoms with Crippen molar-refractivity contribution in [1.29, 1.82) is 0 Å². The van der Waals surface area contributed by atoms with Crippen LogP contribution in [-0.2, 0) is 16.1 Å². The zero-order chi connectivity index (χ0) is 18.8. The smallest absolute Gasteiger partial charge is 0.227 e. The molecule has 142 valence electrons. The van der Waals surface area contributed by atoms with Crippen LogP contribution < -0.4 is 0 Å². The minimum Gasteiger partial charge on any atom is -0.341 e. The first-order valence-electron chi connectivity index (χ1n) is 10.0. The molecule has 1 aromatic heterocycles. The number of para-hydroxylation sites is 1. The summed E-state index contributed by atoms with van der Waals surface area (Å²) in [6.07, 6.45) is 7.52. The molecular weight excluding hydrogens is 338 g/mol. The van der Waals surface area contributed by atoms with E-state index < -0.39 is 0 Å². The molecule has 2 aliphatic rings. The summed E-state index contributed by atoms with van der Waals surface area (Å²) >= 11 is 0. The van der Waals surface area contributed by atoms with Gasteiger partial charge in [0.15, 0.2) is 0 Å². The molecule has 2 fully saturated rings. The lowest BCUT2D eigenvalue weighted by Crippen LogP contribution is -2.49. The van der Waals surface area contributed by atoms with Gasteiger partial charge in [-0.3, -0.25) is 14.6 Å². The van der Waals surface area contributed by atoms with Gasteiger partial charge in [0.2, 0.25) is 11.8 Å². The van der Waals surface area contributed by atoms with Gasteiger partial charge in [-0.2, -0.15) is 0 Å². The van der Waals surface area contributed by atoms with Crippen LogP contribution in [0.15, 0.2) is 36.5 Å². The largest absolute Gasteiger partial charge is 0.341 e. The van der Waals surface area contributed by atoms with E-state index in [0.717, 1.165) is 29.3 Å². The molecule has 0 unspecified atom stereocenters. The fourth-order valence-corrected chi connectivity index (χ4v) is 4.58. The van der Waals surface area contributed by atoms with Gasteiger partial charge in [0, 0.05) is 44.2 Å². The number of likely N-dealkylation sites (tertiary alicyclic amines) is 1. The van der Waals surface area contributed by atoms with Gasteiger partial charge in [-0.15, -0.1) is 0 Å². The van der Waals surface area contributed by atoms with Gasteiger partial charge in [-0.05, 0) is 30.9 Å². The summed E-state index contributed by atoms with van der Waals surface area (Å²) in [4.78, 5) is 33.7. The third-order valence-corrected chi connectivity index (χ3v) is 6.06. The van der Waals surface area contributed by atoms with Crippen molar-refractivity contribution in [2.24, 2.45) is 5.92 Å². The lowest BCUT2D eigenvalue weighted by molar-refractivity contribution is -0.144. The standard InChI is InChI=1S/C22H27N3O2/c1-24(14-17-7-4-6-16-8-5-13-23-21(16)17)22(27)18-11-12-20(26)25(15-18)19-9-2-3-10-19/h4-8,13,18-19H,2-3,9-12,14-15H2,1H3/t18-/m0/s1. The number of fused-ring (bicyclic) bond motifs is 1. The van der Waals surface area contributed by atoms with Crippen LogP contribution in [0, 0.1) is 5.92 Å². The average molecular weight is 365 g/mol. The number of carbonyl (C=O) groups is 2. The Morgan fingerprint density at radius 3 is 2.78 bits per heavy atom. The van der Waals surface area contributed by atoms with Crippen molar-refractivity contribution in [1.82, 2.24) is 14.8 Å². The maximum Gasteiger partial charge on any atom is 0.227 e. The summed E-state index contributed by atoms with van der Waals surface area (Å²) in [5.41, 5.74) is 2.01. The summed E-state index contributed by atoms with van der Waals surface area (Å²) < 4.78 is 0. The summed E-state index contributed by atoms with van der Waals surface area (Å²) in [5.74, 6) is 0.279. The normalized spacial score (nSPS) is 21.0. The van der Waals surface area contributed by atoms with Crippen molar-refractivity contribution in [2.75, 3.05) is 13.6 Å². The molecule has 0 bridgehead atoms. The number of hydrogen-bond donors (Lipinski definition) is 0. The first-order valence-corrected chi connectivity index (χ1v) is 10.0. The molecule has 0 N–H and O–H groups in total. The molecule has 1 aliphatic carbocycles. The van der Waals surface area contributed by atoms with Crippen molar-refractivity contribution in [3.63, 3.8) is 0 Å². The maximum atomic E-state index is 13.1. The maximum absolute atomic E-state index is 13.1. The topological polar surface area (TPSA) is 53.5 Å². The monoisotopic (exact) mass is 365 g/mol. The van der Waals surface area contributed by atoms with Crippen molar-refractivity contribution >= 4 is 22.7 Å². The molecule has 1 aromatic carbocycles. The fraction of sp³-hybridized carbons (Fsp3) is 0.500. The first-order chi connectivity index (χ1) is 13.1. The van der Waals surface area contributed by atoms with Gasteiger partial charge < -0.3 is 9.80 Å². The number of amides is 2. The Hall–Kier alpha value is -2.43. The van der Waals surface area contributed by atoms with Crippen LogP contribution >= 0.6 is 0 Å².